The molecule has 0 atom stereocenters. The van der Waals surface area contributed by atoms with Crippen LogP contribution in [0, 0.1) is 0 Å². The lowest BCUT2D eigenvalue weighted by atomic mass is 10.3. The lowest BCUT2D eigenvalue weighted by Gasteiger charge is -2.12. The number of carbonyl (C=O) groups is 1. The standard InChI is InChI=1S/C20H27N9O/c1-5-16-24-18(21-11-12-28(2)3)26-19(25-16)27-20-22-13-15(29(20)4)17(30)23-14-9-7-6-8-10-14/h6-10,13H,5,11-12H2,1-4H3,(H,23,30)(H2,21,22,24,25,26,27). The highest BCUT2D eigenvalue weighted by Crippen LogP contribution is 2.16. The largest absolute Gasteiger partial charge is 0.353 e. The summed E-state index contributed by atoms with van der Waals surface area (Å²) in [5, 5.41) is 9.14. The van der Waals surface area contributed by atoms with Crippen molar-refractivity contribution in [3.63, 3.8) is 0 Å². The number of likely N-dealkylation sites (N-methyl/N-ethyl adjacent to an activating group) is 1. The molecule has 0 fully saturated rings. The summed E-state index contributed by atoms with van der Waals surface area (Å²) in [7, 11) is 5.77. The number of carbonyl (C=O) groups excluding carboxylic acids is 1. The van der Waals surface area contributed by atoms with Crippen LogP contribution in [0.25, 0.3) is 0 Å². The molecule has 0 aliphatic heterocycles. The van der Waals surface area contributed by atoms with Gasteiger partial charge in [-0.1, -0.05) is 25.1 Å². The van der Waals surface area contributed by atoms with Gasteiger partial charge in [0, 0.05) is 32.2 Å². The summed E-state index contributed by atoms with van der Waals surface area (Å²) in [5.74, 6) is 1.75. The van der Waals surface area contributed by atoms with E-state index in [1.54, 1.807) is 11.6 Å². The Balaban J connectivity index is 1.74. The number of imidazole rings is 1. The second kappa shape index (κ2) is 9.79. The van der Waals surface area contributed by atoms with Gasteiger partial charge in [0.15, 0.2) is 0 Å². The fourth-order valence-electron chi connectivity index (χ4n) is 2.66. The smallest absolute Gasteiger partial charge is 0.273 e. The monoisotopic (exact) mass is 409 g/mol. The molecule has 1 amide bonds. The van der Waals surface area contributed by atoms with Crippen LogP contribution < -0.4 is 16.0 Å². The van der Waals surface area contributed by atoms with E-state index in [1.807, 2.05) is 51.4 Å². The van der Waals surface area contributed by atoms with Gasteiger partial charge in [-0.25, -0.2) is 4.98 Å². The van der Waals surface area contributed by atoms with Crippen LogP contribution in [-0.4, -0.2) is 62.5 Å². The van der Waals surface area contributed by atoms with Crippen molar-refractivity contribution in [3.05, 3.63) is 48.0 Å². The van der Waals surface area contributed by atoms with Crippen molar-refractivity contribution >= 4 is 29.4 Å². The Morgan fingerprint density at radius 1 is 1.10 bits per heavy atom. The topological polar surface area (TPSA) is 113 Å². The highest BCUT2D eigenvalue weighted by atomic mass is 16.2. The highest BCUT2D eigenvalue weighted by Gasteiger charge is 2.16. The number of rotatable bonds is 9. The van der Waals surface area contributed by atoms with E-state index in [2.05, 4.69) is 40.8 Å². The van der Waals surface area contributed by atoms with Crippen LogP contribution in [0.5, 0.6) is 0 Å². The van der Waals surface area contributed by atoms with Gasteiger partial charge in [0.25, 0.3) is 5.91 Å². The Kier molecular flexibility index (Phi) is 6.91. The number of para-hydroxylation sites is 1. The summed E-state index contributed by atoms with van der Waals surface area (Å²) >= 11 is 0. The van der Waals surface area contributed by atoms with Gasteiger partial charge < -0.3 is 20.1 Å². The Hall–Kier alpha value is -3.53. The van der Waals surface area contributed by atoms with Crippen LogP contribution in [0.3, 0.4) is 0 Å². The van der Waals surface area contributed by atoms with Crippen molar-refractivity contribution in [3.8, 4) is 0 Å². The van der Waals surface area contributed by atoms with Crippen LogP contribution >= 0.6 is 0 Å². The molecular weight excluding hydrogens is 382 g/mol. The molecule has 10 heteroatoms. The Labute approximate surface area is 175 Å². The van der Waals surface area contributed by atoms with E-state index in [0.29, 0.717) is 42.3 Å². The van der Waals surface area contributed by atoms with Gasteiger partial charge >= 0.3 is 0 Å². The van der Waals surface area contributed by atoms with Gasteiger partial charge in [0.1, 0.15) is 11.5 Å². The minimum Gasteiger partial charge on any atom is -0.353 e. The molecular formula is C20H27N9O. The first-order valence-corrected chi connectivity index (χ1v) is 9.75. The molecule has 2 heterocycles. The van der Waals surface area contributed by atoms with Gasteiger partial charge in [-0.05, 0) is 26.2 Å². The van der Waals surface area contributed by atoms with Crippen molar-refractivity contribution in [2.75, 3.05) is 43.1 Å². The van der Waals surface area contributed by atoms with Crippen molar-refractivity contribution in [1.82, 2.24) is 29.4 Å². The Morgan fingerprint density at radius 3 is 2.53 bits per heavy atom. The van der Waals surface area contributed by atoms with Crippen molar-refractivity contribution in [2.45, 2.75) is 13.3 Å². The fraction of sp³-hybridized carbons (Fsp3) is 0.350. The zero-order valence-electron chi connectivity index (χ0n) is 17.7. The molecule has 2 aromatic heterocycles. The molecule has 3 aromatic rings. The molecule has 0 spiro atoms. The molecule has 0 saturated heterocycles. The summed E-state index contributed by atoms with van der Waals surface area (Å²) in [6.45, 7) is 3.55. The van der Waals surface area contributed by atoms with Crippen molar-refractivity contribution < 1.29 is 4.79 Å². The number of aryl methyl sites for hydroxylation is 1. The summed E-state index contributed by atoms with van der Waals surface area (Å²) in [6, 6.07) is 9.28. The first kappa shape index (κ1) is 21.2. The minimum atomic E-state index is -0.250. The normalized spacial score (nSPS) is 10.8. The Bertz CT molecular complexity index is 985. The van der Waals surface area contributed by atoms with Crippen molar-refractivity contribution in [1.29, 1.82) is 0 Å². The lowest BCUT2D eigenvalue weighted by Crippen LogP contribution is -2.22. The summed E-state index contributed by atoms with van der Waals surface area (Å²) in [6.07, 6.45) is 2.18. The van der Waals surface area contributed by atoms with E-state index in [4.69, 9.17) is 0 Å². The predicted molar refractivity (Wildman–Crippen MR) is 117 cm³/mol. The molecule has 0 radical (unpaired) electrons. The van der Waals surface area contributed by atoms with Gasteiger partial charge in [-0.15, -0.1) is 0 Å². The number of benzene rings is 1. The molecule has 0 aliphatic carbocycles. The zero-order valence-corrected chi connectivity index (χ0v) is 17.7. The quantitative estimate of drug-likeness (QED) is 0.493. The SMILES string of the molecule is CCc1nc(NCCN(C)C)nc(Nc2ncc(C(=O)Nc3ccccc3)n2C)n1. The molecule has 10 nitrogen and oxygen atoms in total. The summed E-state index contributed by atoms with van der Waals surface area (Å²) in [5.41, 5.74) is 1.13. The maximum Gasteiger partial charge on any atom is 0.273 e. The molecule has 158 valence electrons. The van der Waals surface area contributed by atoms with Gasteiger partial charge in [0.05, 0.1) is 6.20 Å². The third-order valence-corrected chi connectivity index (χ3v) is 4.32. The number of hydrogen-bond acceptors (Lipinski definition) is 8. The lowest BCUT2D eigenvalue weighted by molar-refractivity contribution is 0.101. The van der Waals surface area contributed by atoms with Gasteiger partial charge in [0.2, 0.25) is 17.8 Å². The van der Waals surface area contributed by atoms with E-state index in [9.17, 15) is 4.79 Å². The van der Waals surface area contributed by atoms with Crippen LogP contribution in [-0.2, 0) is 13.5 Å². The van der Waals surface area contributed by atoms with E-state index >= 15 is 0 Å². The number of amides is 1. The summed E-state index contributed by atoms with van der Waals surface area (Å²) in [4.78, 5) is 32.2. The maximum atomic E-state index is 12.6. The molecule has 3 N–H and O–H groups in total. The molecule has 0 unspecified atom stereocenters. The number of anilines is 4. The van der Waals surface area contributed by atoms with E-state index in [0.717, 1.165) is 12.2 Å². The minimum absolute atomic E-state index is 0.250. The fourth-order valence-corrected chi connectivity index (χ4v) is 2.66. The zero-order chi connectivity index (χ0) is 21.5. The first-order chi connectivity index (χ1) is 14.5. The molecule has 0 aliphatic rings. The third kappa shape index (κ3) is 5.51. The maximum absolute atomic E-state index is 12.6. The van der Waals surface area contributed by atoms with Gasteiger partial charge in [-0.3, -0.25) is 10.1 Å². The number of hydrogen-bond donors (Lipinski definition) is 3. The third-order valence-electron chi connectivity index (χ3n) is 4.32. The van der Waals surface area contributed by atoms with E-state index in [-0.39, 0.29) is 5.91 Å². The molecule has 0 saturated carbocycles. The van der Waals surface area contributed by atoms with Crippen LogP contribution in [0.4, 0.5) is 23.5 Å². The number of nitrogens with one attached hydrogen (secondary N) is 3. The van der Waals surface area contributed by atoms with Crippen LogP contribution in [0.15, 0.2) is 36.5 Å². The predicted octanol–water partition coefficient (Wildman–Crippen LogP) is 2.14. The van der Waals surface area contributed by atoms with Gasteiger partial charge in [-0.2, -0.15) is 15.0 Å². The van der Waals surface area contributed by atoms with Crippen molar-refractivity contribution in [2.24, 2.45) is 7.05 Å². The first-order valence-electron chi connectivity index (χ1n) is 9.75. The Morgan fingerprint density at radius 2 is 1.83 bits per heavy atom. The summed E-state index contributed by atoms with van der Waals surface area (Å²) < 4.78 is 1.66. The number of aromatic nitrogens is 5. The van der Waals surface area contributed by atoms with Crippen LogP contribution in [0.1, 0.15) is 23.2 Å². The van der Waals surface area contributed by atoms with E-state index < -0.39 is 0 Å². The van der Waals surface area contributed by atoms with Crippen LogP contribution in [0.2, 0.25) is 0 Å². The second-order valence-electron chi connectivity index (χ2n) is 6.95. The molecule has 3 rings (SSSR count). The molecule has 0 bridgehead atoms. The average Bonchev–Trinajstić information content (AvgIpc) is 3.08. The number of nitrogens with zero attached hydrogens (tertiary/aromatic N) is 6. The molecule has 1 aromatic carbocycles. The van der Waals surface area contributed by atoms with E-state index in [1.165, 1.54) is 6.20 Å². The molecule has 30 heavy (non-hydrogen) atoms. The average molecular weight is 409 g/mol. The highest BCUT2D eigenvalue weighted by molar-refractivity contribution is 6.03. The second-order valence-corrected chi connectivity index (χ2v) is 6.95.